The SMILES string of the molecule is O=C(COC(=O)c1cccc(S(=O)(=O)NC2CC2)c1)NC(=O)Cc1ccccc1. The molecular formula is C20H20N2O6S. The van der Waals surface area contributed by atoms with Crippen molar-refractivity contribution in [3.8, 4) is 0 Å². The zero-order valence-electron chi connectivity index (χ0n) is 15.5. The van der Waals surface area contributed by atoms with Crippen molar-refractivity contribution in [3.63, 3.8) is 0 Å². The van der Waals surface area contributed by atoms with Gasteiger partial charge in [0.05, 0.1) is 16.9 Å². The molecular weight excluding hydrogens is 396 g/mol. The van der Waals surface area contributed by atoms with Gasteiger partial charge >= 0.3 is 5.97 Å². The number of imide groups is 1. The number of nitrogens with one attached hydrogen (secondary N) is 2. The van der Waals surface area contributed by atoms with Crippen molar-refractivity contribution in [2.45, 2.75) is 30.2 Å². The van der Waals surface area contributed by atoms with E-state index < -0.39 is 34.4 Å². The Morgan fingerprint density at radius 2 is 1.69 bits per heavy atom. The normalized spacial score (nSPS) is 13.5. The van der Waals surface area contributed by atoms with Crippen LogP contribution in [0, 0.1) is 0 Å². The first-order chi connectivity index (χ1) is 13.8. The maximum atomic E-state index is 12.2. The quantitative estimate of drug-likeness (QED) is 0.624. The molecule has 29 heavy (non-hydrogen) atoms. The van der Waals surface area contributed by atoms with E-state index in [1.54, 1.807) is 24.3 Å². The third kappa shape index (κ3) is 6.23. The number of rotatable bonds is 8. The standard InChI is InChI=1S/C20H20N2O6S/c23-18(11-14-5-2-1-3-6-14)21-19(24)13-28-20(25)15-7-4-8-17(12-15)29(26,27)22-16-9-10-16/h1-8,12,16,22H,9-11,13H2,(H,21,23,24). The molecule has 0 atom stereocenters. The fourth-order valence-corrected chi connectivity index (χ4v) is 3.86. The molecule has 2 aromatic carbocycles. The molecule has 1 aliphatic carbocycles. The van der Waals surface area contributed by atoms with Gasteiger partial charge in [0.15, 0.2) is 6.61 Å². The van der Waals surface area contributed by atoms with Crippen LogP contribution < -0.4 is 10.0 Å². The maximum absolute atomic E-state index is 12.2. The van der Waals surface area contributed by atoms with Crippen LogP contribution in [0.25, 0.3) is 0 Å². The summed E-state index contributed by atoms with van der Waals surface area (Å²) in [5.74, 6) is -2.14. The molecule has 0 saturated heterocycles. The number of esters is 1. The third-order valence-electron chi connectivity index (χ3n) is 4.10. The minimum atomic E-state index is -3.71. The number of ether oxygens (including phenoxy) is 1. The molecule has 0 bridgehead atoms. The molecule has 0 spiro atoms. The summed E-state index contributed by atoms with van der Waals surface area (Å²) in [4.78, 5) is 35.7. The average molecular weight is 416 g/mol. The molecule has 2 amide bonds. The summed E-state index contributed by atoms with van der Waals surface area (Å²) in [5, 5.41) is 2.14. The monoisotopic (exact) mass is 416 g/mol. The van der Waals surface area contributed by atoms with E-state index in [2.05, 4.69) is 10.0 Å². The van der Waals surface area contributed by atoms with E-state index in [9.17, 15) is 22.8 Å². The second-order valence-electron chi connectivity index (χ2n) is 6.63. The second-order valence-corrected chi connectivity index (χ2v) is 8.35. The zero-order chi connectivity index (χ0) is 20.9. The fourth-order valence-electron chi connectivity index (χ4n) is 2.51. The first kappa shape index (κ1) is 20.7. The molecule has 8 nitrogen and oxygen atoms in total. The van der Waals surface area contributed by atoms with Gasteiger partial charge in [-0.3, -0.25) is 14.9 Å². The van der Waals surface area contributed by atoms with Crippen LogP contribution in [0.1, 0.15) is 28.8 Å². The van der Waals surface area contributed by atoms with Gasteiger partial charge in [0, 0.05) is 6.04 Å². The minimum absolute atomic E-state index is 0.00733. The number of benzene rings is 2. The van der Waals surface area contributed by atoms with E-state index in [0.29, 0.717) is 0 Å². The van der Waals surface area contributed by atoms with Crippen LogP contribution in [0.4, 0.5) is 0 Å². The Balaban J connectivity index is 1.51. The zero-order valence-corrected chi connectivity index (χ0v) is 16.3. The number of amides is 2. The predicted molar refractivity (Wildman–Crippen MR) is 103 cm³/mol. The summed E-state index contributed by atoms with van der Waals surface area (Å²) < 4.78 is 31.9. The summed E-state index contributed by atoms with van der Waals surface area (Å²) in [6.45, 7) is -0.656. The van der Waals surface area contributed by atoms with Gasteiger partial charge in [-0.15, -0.1) is 0 Å². The third-order valence-corrected chi connectivity index (χ3v) is 5.62. The summed E-state index contributed by atoms with van der Waals surface area (Å²) in [6, 6.07) is 14.2. The van der Waals surface area contributed by atoms with Crippen LogP contribution >= 0.6 is 0 Å². The molecule has 2 aromatic rings. The smallest absolute Gasteiger partial charge is 0.338 e. The van der Waals surface area contributed by atoms with Gasteiger partial charge < -0.3 is 4.74 Å². The van der Waals surface area contributed by atoms with Crippen LogP contribution in [0.15, 0.2) is 59.5 Å². The van der Waals surface area contributed by atoms with E-state index in [4.69, 9.17) is 4.74 Å². The molecule has 1 aliphatic rings. The summed E-state index contributed by atoms with van der Waals surface area (Å²) in [5.41, 5.74) is 0.736. The van der Waals surface area contributed by atoms with Crippen molar-refractivity contribution in [1.82, 2.24) is 10.0 Å². The molecule has 0 heterocycles. The summed E-state index contributed by atoms with van der Waals surface area (Å²) in [6.07, 6.45) is 1.60. The molecule has 152 valence electrons. The lowest BCUT2D eigenvalue weighted by Crippen LogP contribution is -2.35. The number of hydrogen-bond acceptors (Lipinski definition) is 6. The number of hydrogen-bond donors (Lipinski definition) is 2. The van der Waals surface area contributed by atoms with E-state index in [1.807, 2.05) is 6.07 Å². The molecule has 0 unspecified atom stereocenters. The first-order valence-corrected chi connectivity index (χ1v) is 10.5. The molecule has 0 radical (unpaired) electrons. The van der Waals surface area contributed by atoms with Gasteiger partial charge in [0.25, 0.3) is 5.91 Å². The Hall–Kier alpha value is -3.04. The lowest BCUT2D eigenvalue weighted by atomic mass is 10.1. The van der Waals surface area contributed by atoms with Crippen LogP contribution in [0.2, 0.25) is 0 Å². The molecule has 3 rings (SSSR count). The lowest BCUT2D eigenvalue weighted by Gasteiger charge is -2.08. The molecule has 1 fully saturated rings. The number of sulfonamides is 1. The highest BCUT2D eigenvalue weighted by molar-refractivity contribution is 7.89. The number of carbonyl (C=O) groups is 3. The van der Waals surface area contributed by atoms with Crippen LogP contribution in [0.5, 0.6) is 0 Å². The summed E-state index contributed by atoms with van der Waals surface area (Å²) in [7, 11) is -3.71. The average Bonchev–Trinajstić information content (AvgIpc) is 3.50. The summed E-state index contributed by atoms with van der Waals surface area (Å²) >= 11 is 0. The van der Waals surface area contributed by atoms with Gasteiger partial charge in [-0.2, -0.15) is 0 Å². The highest BCUT2D eigenvalue weighted by atomic mass is 32.2. The van der Waals surface area contributed by atoms with Crippen molar-refractivity contribution in [3.05, 3.63) is 65.7 Å². The van der Waals surface area contributed by atoms with Gasteiger partial charge in [-0.25, -0.2) is 17.9 Å². The van der Waals surface area contributed by atoms with Crippen LogP contribution in [-0.4, -0.2) is 38.9 Å². The fraction of sp³-hybridized carbons (Fsp3) is 0.250. The molecule has 9 heteroatoms. The van der Waals surface area contributed by atoms with Gasteiger partial charge in [0.1, 0.15) is 0 Å². The second kappa shape index (κ2) is 8.97. The Morgan fingerprint density at radius 3 is 2.38 bits per heavy atom. The van der Waals surface area contributed by atoms with Crippen molar-refractivity contribution in [2.24, 2.45) is 0 Å². The molecule has 0 aliphatic heterocycles. The Morgan fingerprint density at radius 1 is 0.966 bits per heavy atom. The maximum Gasteiger partial charge on any atom is 0.338 e. The van der Waals surface area contributed by atoms with Crippen molar-refractivity contribution < 1.29 is 27.5 Å². The van der Waals surface area contributed by atoms with E-state index in [-0.39, 0.29) is 22.9 Å². The van der Waals surface area contributed by atoms with Crippen LogP contribution in [0.3, 0.4) is 0 Å². The molecule has 0 aromatic heterocycles. The molecule has 1 saturated carbocycles. The number of carbonyl (C=O) groups excluding carboxylic acids is 3. The van der Waals surface area contributed by atoms with E-state index >= 15 is 0 Å². The van der Waals surface area contributed by atoms with Gasteiger partial charge in [-0.05, 0) is 36.6 Å². The Kier molecular flexibility index (Phi) is 6.40. The van der Waals surface area contributed by atoms with Crippen LogP contribution in [-0.2, 0) is 30.8 Å². The van der Waals surface area contributed by atoms with Crippen molar-refractivity contribution in [2.75, 3.05) is 6.61 Å². The minimum Gasteiger partial charge on any atom is -0.452 e. The first-order valence-electron chi connectivity index (χ1n) is 8.99. The Bertz CT molecular complexity index is 1020. The highest BCUT2D eigenvalue weighted by Crippen LogP contribution is 2.22. The topological polar surface area (TPSA) is 119 Å². The Labute approximate surface area is 168 Å². The predicted octanol–water partition coefficient (Wildman–Crippen LogP) is 1.17. The van der Waals surface area contributed by atoms with Crippen molar-refractivity contribution in [1.29, 1.82) is 0 Å². The van der Waals surface area contributed by atoms with Gasteiger partial charge in [-0.1, -0.05) is 36.4 Å². The highest BCUT2D eigenvalue weighted by Gasteiger charge is 2.28. The van der Waals surface area contributed by atoms with Gasteiger partial charge in [0.2, 0.25) is 15.9 Å². The molecule has 2 N–H and O–H groups in total. The van der Waals surface area contributed by atoms with E-state index in [0.717, 1.165) is 18.4 Å². The largest absolute Gasteiger partial charge is 0.452 e. The van der Waals surface area contributed by atoms with Crippen molar-refractivity contribution >= 4 is 27.8 Å². The van der Waals surface area contributed by atoms with E-state index in [1.165, 1.54) is 24.3 Å². The lowest BCUT2D eigenvalue weighted by molar-refractivity contribution is -0.132.